The second-order valence-corrected chi connectivity index (χ2v) is 18.4. The second kappa shape index (κ2) is 16.8. The Labute approximate surface area is 353 Å². The lowest BCUT2D eigenvalue weighted by Gasteiger charge is -2.67. The van der Waals surface area contributed by atoms with Gasteiger partial charge in [-0.2, -0.15) is 0 Å². The monoisotopic (exact) mass is 853 g/mol. The minimum Gasteiger partial charge on any atom is -0.488 e. The standard InChI is InChI=1S/C44H55NO14S/c1-22(2)20-60-40(52)45-33(28-16-13-17-54-28)34(49)24(4)56-29-19-44(53)38(58-39(51)27-14-11-10-12-15-27)36-42(9,30(48)18-31-43(36,21-55-31)59-26(6)47)37(50)35(57-25(5)46)32(23(29)3)41(44,7)8/h10-17,22,29-31,33-36,38,48-49,53H,4,18-21H2,1-3,5-9H3,(H,45,52)/t29-,30-,31+,33-,34-,35+,36-,38-,42+,43-,44+/m0/s1. The van der Waals surface area contributed by atoms with Gasteiger partial charge in [0.2, 0.25) is 0 Å². The van der Waals surface area contributed by atoms with E-state index in [1.54, 1.807) is 51.1 Å². The van der Waals surface area contributed by atoms with Gasteiger partial charge in [0.15, 0.2) is 17.5 Å². The van der Waals surface area contributed by atoms with Crippen molar-refractivity contribution in [2.45, 2.75) is 122 Å². The van der Waals surface area contributed by atoms with Gasteiger partial charge in [0.25, 0.3) is 5.24 Å². The van der Waals surface area contributed by atoms with Crippen LogP contribution in [0, 0.1) is 22.7 Å². The summed E-state index contributed by atoms with van der Waals surface area (Å²) >= 11 is 1.03. The molecule has 2 heterocycles. The van der Waals surface area contributed by atoms with E-state index in [0.717, 1.165) is 18.7 Å². The molecule has 1 aliphatic heterocycles. The minimum absolute atomic E-state index is 0.103. The number of hydrogen-bond donors (Lipinski definition) is 4. The van der Waals surface area contributed by atoms with Crippen LogP contribution < -0.4 is 5.32 Å². The summed E-state index contributed by atoms with van der Waals surface area (Å²) in [6, 6.07) is 9.96. The fourth-order valence-electron chi connectivity index (χ4n) is 9.64. The highest BCUT2D eigenvalue weighted by atomic mass is 32.2. The van der Waals surface area contributed by atoms with E-state index in [-0.39, 0.29) is 48.0 Å². The molecule has 1 amide bonds. The van der Waals surface area contributed by atoms with E-state index in [4.69, 9.17) is 28.1 Å². The third-order valence-corrected chi connectivity index (χ3v) is 14.0. The van der Waals surface area contributed by atoms with E-state index < -0.39 is 99.5 Å². The first-order valence-electron chi connectivity index (χ1n) is 20.0. The van der Waals surface area contributed by atoms with Crippen LogP contribution >= 0.6 is 11.8 Å². The van der Waals surface area contributed by atoms with Gasteiger partial charge in [-0.25, -0.2) is 4.79 Å². The van der Waals surface area contributed by atoms with Gasteiger partial charge in [-0.1, -0.05) is 64.2 Å². The van der Waals surface area contributed by atoms with E-state index in [1.807, 2.05) is 13.8 Å². The lowest BCUT2D eigenvalue weighted by Crippen LogP contribution is -2.82. The van der Waals surface area contributed by atoms with Crippen LogP contribution in [0.5, 0.6) is 0 Å². The van der Waals surface area contributed by atoms with Crippen molar-refractivity contribution in [1.82, 2.24) is 5.32 Å². The molecular weight excluding hydrogens is 799 g/mol. The van der Waals surface area contributed by atoms with E-state index in [9.17, 15) is 34.5 Å². The molecule has 326 valence electrons. The fraction of sp³-hybridized carbons (Fsp3) is 0.568. The zero-order valence-electron chi connectivity index (χ0n) is 35.1. The molecule has 0 unspecified atom stereocenters. The number of ketones is 1. The average Bonchev–Trinajstić information content (AvgIpc) is 3.72. The Hall–Kier alpha value is -4.48. The van der Waals surface area contributed by atoms with Crippen molar-refractivity contribution in [1.29, 1.82) is 0 Å². The highest BCUT2D eigenvalue weighted by molar-refractivity contribution is 8.13. The Morgan fingerprint density at radius 1 is 1.02 bits per heavy atom. The molecule has 0 spiro atoms. The molecule has 1 saturated heterocycles. The molecule has 1 aromatic carbocycles. The fourth-order valence-corrected chi connectivity index (χ4v) is 10.3. The maximum absolute atomic E-state index is 15.5. The number of fused-ring (bicyclic) bond motifs is 5. The molecule has 60 heavy (non-hydrogen) atoms. The number of esters is 3. The first kappa shape index (κ1) is 45.1. The maximum atomic E-state index is 15.5. The highest BCUT2D eigenvalue weighted by Crippen LogP contribution is 2.64. The van der Waals surface area contributed by atoms with Gasteiger partial charge in [-0.15, -0.1) is 0 Å². The number of ether oxygens (including phenoxy) is 5. The number of aliphatic hydroxyl groups is 3. The molecule has 2 saturated carbocycles. The van der Waals surface area contributed by atoms with Crippen molar-refractivity contribution in [3.8, 4) is 0 Å². The number of amides is 1. The first-order valence-corrected chi connectivity index (χ1v) is 21.0. The number of nitrogens with one attached hydrogen (secondary N) is 1. The predicted molar refractivity (Wildman–Crippen MR) is 216 cm³/mol. The molecule has 0 radical (unpaired) electrons. The van der Waals surface area contributed by atoms with E-state index in [2.05, 4.69) is 11.9 Å². The molecule has 3 aliphatic carbocycles. The number of benzene rings is 1. The van der Waals surface area contributed by atoms with Crippen LogP contribution in [0.15, 0.2) is 76.6 Å². The van der Waals surface area contributed by atoms with Crippen LogP contribution in [0.1, 0.15) is 90.4 Å². The average molecular weight is 854 g/mol. The number of carbonyl (C=O) groups excluding carboxylic acids is 5. The number of furan rings is 1. The first-order chi connectivity index (χ1) is 28.1. The number of Topliss-reactive ketones (excluding diaryl/α,β-unsaturated/α-hetero) is 1. The quantitative estimate of drug-likeness (QED) is 0.0958. The Bertz CT molecular complexity index is 2030. The van der Waals surface area contributed by atoms with Crippen molar-refractivity contribution in [2.75, 3.05) is 12.4 Å². The summed E-state index contributed by atoms with van der Waals surface area (Å²) in [6.45, 7) is 16.3. The normalized spacial score (nSPS) is 32.8. The van der Waals surface area contributed by atoms with Crippen LogP contribution in [-0.2, 0) is 38.1 Å². The number of aliphatic hydroxyl groups excluding tert-OH is 2. The predicted octanol–water partition coefficient (Wildman–Crippen LogP) is 4.98. The summed E-state index contributed by atoms with van der Waals surface area (Å²) in [5.41, 5.74) is -7.04. The van der Waals surface area contributed by atoms with Crippen LogP contribution in [0.3, 0.4) is 0 Å². The Balaban J connectivity index is 1.52. The summed E-state index contributed by atoms with van der Waals surface area (Å²) in [5.74, 6) is -4.12. The molecule has 4 aliphatic rings. The van der Waals surface area contributed by atoms with Crippen LogP contribution in [0.2, 0.25) is 0 Å². The Morgan fingerprint density at radius 3 is 2.27 bits per heavy atom. The molecule has 2 aromatic rings. The summed E-state index contributed by atoms with van der Waals surface area (Å²) in [4.78, 5) is 68.7. The summed E-state index contributed by atoms with van der Waals surface area (Å²) < 4.78 is 36.3. The van der Waals surface area contributed by atoms with Gasteiger partial charge >= 0.3 is 17.9 Å². The van der Waals surface area contributed by atoms with E-state index in [0.29, 0.717) is 11.3 Å². The zero-order valence-corrected chi connectivity index (χ0v) is 35.9. The summed E-state index contributed by atoms with van der Waals surface area (Å²) in [5, 5.41) is 39.9. The van der Waals surface area contributed by atoms with Gasteiger partial charge in [0.1, 0.15) is 47.6 Å². The highest BCUT2D eigenvalue weighted by Gasteiger charge is 2.78. The lowest BCUT2D eigenvalue weighted by molar-refractivity contribution is -0.346. The number of rotatable bonds is 12. The smallest absolute Gasteiger partial charge is 0.338 e. The number of hydrogen-bond acceptors (Lipinski definition) is 15. The minimum atomic E-state index is -2.28. The number of carbonyl (C=O) groups is 5. The third-order valence-electron chi connectivity index (χ3n) is 12.8. The molecule has 1 aromatic heterocycles. The van der Waals surface area contributed by atoms with Crippen molar-refractivity contribution >= 4 is 40.7 Å². The van der Waals surface area contributed by atoms with Gasteiger partial charge in [-0.3, -0.25) is 19.2 Å². The van der Waals surface area contributed by atoms with Gasteiger partial charge < -0.3 is 48.7 Å². The topological polar surface area (TPSA) is 217 Å². The molecular formula is C44H55NO14S. The second-order valence-electron chi connectivity index (χ2n) is 17.4. The summed E-state index contributed by atoms with van der Waals surface area (Å²) in [6.07, 6.45) is -8.03. The SMILES string of the molecule is C=C(O[C@H]1C[C@@]2(O)[C@@H](OC(=O)c3ccccc3)[C@@H]3[C@]4(OC(C)=O)CO[C@@H]4C[C@H](O)[C@@]3(C)C(=O)[C@H](OC(C)=O)C(=C1C)C2(C)C)[C@H](O)[C@@H](NC(=O)SCC(C)C)c1ccco1. The molecule has 4 N–H and O–H groups in total. The van der Waals surface area contributed by atoms with Crippen molar-refractivity contribution in [2.24, 2.45) is 22.7 Å². The molecule has 3 fully saturated rings. The van der Waals surface area contributed by atoms with Crippen molar-refractivity contribution in [3.63, 3.8) is 0 Å². The van der Waals surface area contributed by atoms with E-state index >= 15 is 4.79 Å². The van der Waals surface area contributed by atoms with Gasteiger partial charge in [-0.05, 0) is 55.2 Å². The van der Waals surface area contributed by atoms with Crippen molar-refractivity contribution < 1.29 is 67.4 Å². The molecule has 6 rings (SSSR count). The van der Waals surface area contributed by atoms with E-state index in [1.165, 1.54) is 32.2 Å². The van der Waals surface area contributed by atoms with Gasteiger partial charge in [0.05, 0.1) is 35.9 Å². The lowest BCUT2D eigenvalue weighted by atomic mass is 9.44. The largest absolute Gasteiger partial charge is 0.488 e. The Morgan fingerprint density at radius 2 is 1.70 bits per heavy atom. The van der Waals surface area contributed by atoms with Crippen LogP contribution in [0.25, 0.3) is 0 Å². The third kappa shape index (κ3) is 7.69. The number of thioether (sulfide) groups is 1. The van der Waals surface area contributed by atoms with Crippen LogP contribution in [0.4, 0.5) is 4.79 Å². The molecule has 11 atom stereocenters. The maximum Gasteiger partial charge on any atom is 0.338 e. The zero-order chi connectivity index (χ0) is 44.1. The molecule has 16 heteroatoms. The van der Waals surface area contributed by atoms with Crippen molar-refractivity contribution in [3.05, 3.63) is 83.5 Å². The van der Waals surface area contributed by atoms with Gasteiger partial charge in [0, 0.05) is 37.9 Å². The summed E-state index contributed by atoms with van der Waals surface area (Å²) in [7, 11) is 0. The molecule has 15 nitrogen and oxygen atoms in total. The molecule has 2 bridgehead atoms. The Kier molecular flexibility index (Phi) is 12.6. The van der Waals surface area contributed by atoms with Crippen LogP contribution in [-0.4, -0.2) is 104 Å².